The second-order valence-electron chi connectivity index (χ2n) is 11.7. The molecule has 1 aromatic carbocycles. The zero-order valence-electron chi connectivity index (χ0n) is 21.0. The molecule has 2 aromatic rings. The molecule has 7 atom stereocenters. The minimum atomic E-state index is -1.49. The van der Waals surface area contributed by atoms with Gasteiger partial charge in [0.15, 0.2) is 11.6 Å². The van der Waals surface area contributed by atoms with Crippen LogP contribution < -0.4 is 0 Å². The summed E-state index contributed by atoms with van der Waals surface area (Å²) in [6.45, 7) is 4.15. The molecule has 2 N–H and O–H groups in total. The van der Waals surface area contributed by atoms with Gasteiger partial charge >= 0.3 is 0 Å². The number of Topliss-reactive ketones (excluding diaryl/α,β-unsaturated/α-hetero) is 1. The first kappa shape index (κ1) is 25.4. The summed E-state index contributed by atoms with van der Waals surface area (Å²) >= 11 is 4.83. The van der Waals surface area contributed by atoms with Gasteiger partial charge in [-0.1, -0.05) is 53.2 Å². The first-order valence-electron chi connectivity index (χ1n) is 13.0. The number of carbonyl (C=O) groups excluding carboxylic acids is 2. The average Bonchev–Trinajstić information content (AvgIpc) is 3.13. The summed E-state index contributed by atoms with van der Waals surface area (Å²) in [6, 6.07) is 5.77. The Morgan fingerprint density at radius 1 is 1.24 bits per heavy atom. The number of aromatic nitrogens is 2. The number of benzene rings is 1. The van der Waals surface area contributed by atoms with Gasteiger partial charge in [0.05, 0.1) is 17.4 Å². The van der Waals surface area contributed by atoms with Gasteiger partial charge in [-0.05, 0) is 74.3 Å². The number of hydrogen-bond donors (Lipinski definition) is 2. The molecular weight excluding hydrogens is 552 g/mol. The smallest absolute Gasteiger partial charge is 0.178 e. The molecule has 6 unspecified atom stereocenters. The number of halogens is 1. The van der Waals surface area contributed by atoms with Crippen molar-refractivity contribution in [1.29, 1.82) is 0 Å². The lowest BCUT2D eigenvalue weighted by Crippen LogP contribution is -2.61. The summed E-state index contributed by atoms with van der Waals surface area (Å²) in [7, 11) is 0. The summed E-state index contributed by atoms with van der Waals surface area (Å²) in [6.07, 6.45) is 9.43. The van der Waals surface area contributed by atoms with Crippen molar-refractivity contribution in [3.05, 3.63) is 52.8 Å². The molecule has 0 bridgehead atoms. The second-order valence-corrected chi connectivity index (χ2v) is 13.5. The topological polar surface area (TPSA) is 100 Å². The summed E-state index contributed by atoms with van der Waals surface area (Å²) < 4.78 is 0.912. The predicted molar refractivity (Wildman–Crippen MR) is 146 cm³/mol. The molecule has 0 spiro atoms. The highest BCUT2D eigenvalue weighted by atomic mass is 79.9. The minimum absolute atomic E-state index is 0.0169. The Labute approximate surface area is 229 Å². The maximum atomic E-state index is 13.7. The summed E-state index contributed by atoms with van der Waals surface area (Å²) in [5.74, 6) is 0.236. The third-order valence-electron chi connectivity index (χ3n) is 10.0. The van der Waals surface area contributed by atoms with Crippen LogP contribution in [-0.4, -0.2) is 49.2 Å². The Balaban J connectivity index is 1.26. The van der Waals surface area contributed by atoms with Gasteiger partial charge in [0.2, 0.25) is 0 Å². The number of allylic oxidation sites excluding steroid dienone is 4. The van der Waals surface area contributed by atoms with E-state index < -0.39 is 17.1 Å². The number of thioether (sulfide) groups is 1. The van der Waals surface area contributed by atoms with E-state index in [9.17, 15) is 19.8 Å². The number of rotatable bonds is 4. The number of fused-ring (bicyclic) bond motifs is 6. The molecule has 0 saturated heterocycles. The molecule has 1 heterocycles. The van der Waals surface area contributed by atoms with Gasteiger partial charge in [0.1, 0.15) is 17.0 Å². The number of carbonyl (C=O) groups is 2. The minimum Gasteiger partial charge on any atom is -0.393 e. The van der Waals surface area contributed by atoms with E-state index in [2.05, 4.69) is 32.8 Å². The zero-order chi connectivity index (χ0) is 26.2. The molecule has 6 rings (SSSR count). The number of hydrogen-bond acceptors (Lipinski definition) is 7. The summed E-state index contributed by atoms with van der Waals surface area (Å²) in [5.41, 5.74) is -0.642. The third-order valence-corrected chi connectivity index (χ3v) is 11.5. The van der Waals surface area contributed by atoms with Crippen LogP contribution in [0.2, 0.25) is 0 Å². The normalized spacial score (nSPS) is 38.6. The highest BCUT2D eigenvalue weighted by Crippen LogP contribution is 2.67. The lowest BCUT2D eigenvalue weighted by molar-refractivity contribution is -0.174. The first-order chi connectivity index (χ1) is 17.6. The van der Waals surface area contributed by atoms with Crippen molar-refractivity contribution >= 4 is 50.2 Å². The number of aliphatic hydroxyl groups excluding tert-OH is 1. The van der Waals surface area contributed by atoms with Crippen LogP contribution in [0.25, 0.3) is 10.9 Å². The lowest BCUT2D eigenvalue weighted by Gasteiger charge is -2.59. The molecule has 1 aromatic heterocycles. The predicted octanol–water partition coefficient (Wildman–Crippen LogP) is 5.06. The fourth-order valence-electron chi connectivity index (χ4n) is 8.16. The molecule has 0 aliphatic heterocycles. The van der Waals surface area contributed by atoms with Crippen LogP contribution >= 0.6 is 27.7 Å². The summed E-state index contributed by atoms with van der Waals surface area (Å²) in [5, 5.41) is 25.1. The van der Waals surface area contributed by atoms with Crippen LogP contribution in [0.4, 0.5) is 0 Å². The fraction of sp³-hybridized carbons (Fsp3) is 0.517. The highest BCUT2D eigenvalue weighted by molar-refractivity contribution is 9.10. The molecule has 8 heteroatoms. The van der Waals surface area contributed by atoms with Crippen molar-refractivity contribution in [2.24, 2.45) is 28.6 Å². The van der Waals surface area contributed by atoms with E-state index in [-0.39, 0.29) is 40.5 Å². The van der Waals surface area contributed by atoms with Crippen LogP contribution in [0.15, 0.2) is 57.8 Å². The Morgan fingerprint density at radius 3 is 2.86 bits per heavy atom. The molecule has 3 saturated carbocycles. The van der Waals surface area contributed by atoms with Crippen LogP contribution in [0, 0.1) is 28.6 Å². The van der Waals surface area contributed by atoms with Gasteiger partial charge < -0.3 is 10.2 Å². The first-order valence-corrected chi connectivity index (χ1v) is 14.8. The zero-order valence-corrected chi connectivity index (χ0v) is 23.4. The van der Waals surface area contributed by atoms with E-state index >= 15 is 0 Å². The highest BCUT2D eigenvalue weighted by Gasteiger charge is 2.67. The maximum Gasteiger partial charge on any atom is 0.178 e. The van der Waals surface area contributed by atoms with E-state index in [4.69, 9.17) is 0 Å². The molecule has 3 fully saturated rings. The van der Waals surface area contributed by atoms with Crippen LogP contribution in [0.1, 0.15) is 46.0 Å². The van der Waals surface area contributed by atoms with Crippen molar-refractivity contribution in [2.75, 3.05) is 5.75 Å². The third kappa shape index (κ3) is 3.73. The average molecular weight is 584 g/mol. The van der Waals surface area contributed by atoms with Crippen molar-refractivity contribution in [1.82, 2.24) is 9.97 Å². The second kappa shape index (κ2) is 8.83. The fourth-order valence-corrected chi connectivity index (χ4v) is 9.47. The largest absolute Gasteiger partial charge is 0.393 e. The molecular formula is C29H31BrN2O4S. The van der Waals surface area contributed by atoms with E-state index in [0.717, 1.165) is 40.2 Å². The van der Waals surface area contributed by atoms with E-state index in [1.54, 1.807) is 12.2 Å². The Kier molecular flexibility index (Phi) is 6.06. The van der Waals surface area contributed by atoms with Crippen LogP contribution in [-0.2, 0) is 9.59 Å². The number of ketones is 2. The quantitative estimate of drug-likeness (QED) is 0.383. The Hall–Kier alpha value is -1.87. The van der Waals surface area contributed by atoms with Gasteiger partial charge in [-0.25, -0.2) is 9.97 Å². The van der Waals surface area contributed by atoms with Crippen molar-refractivity contribution in [3.8, 4) is 0 Å². The van der Waals surface area contributed by atoms with E-state index in [0.29, 0.717) is 17.9 Å². The monoisotopic (exact) mass is 582 g/mol. The molecule has 4 aliphatic carbocycles. The number of nitrogens with zero attached hydrogens (tertiary/aromatic N) is 2. The summed E-state index contributed by atoms with van der Waals surface area (Å²) in [4.78, 5) is 34.5. The van der Waals surface area contributed by atoms with Crippen molar-refractivity contribution < 1.29 is 19.8 Å². The van der Waals surface area contributed by atoms with E-state index in [1.165, 1.54) is 18.1 Å². The molecule has 0 radical (unpaired) electrons. The Bertz CT molecular complexity index is 1380. The van der Waals surface area contributed by atoms with Gasteiger partial charge in [0, 0.05) is 26.6 Å². The van der Waals surface area contributed by atoms with Gasteiger partial charge in [-0.15, -0.1) is 0 Å². The van der Waals surface area contributed by atoms with Gasteiger partial charge in [-0.3, -0.25) is 9.59 Å². The maximum absolute atomic E-state index is 13.7. The SMILES string of the molecule is CC12C=CC(=O)C=C1CCC1C2C(O)CC2(C)C1CC[C@]2(O)C(=O)CSc1ncnc2ccc(Br)cc12. The molecule has 0 amide bonds. The van der Waals surface area contributed by atoms with Gasteiger partial charge in [0.25, 0.3) is 0 Å². The van der Waals surface area contributed by atoms with Crippen LogP contribution in [0.5, 0.6) is 0 Å². The lowest BCUT2D eigenvalue weighted by atomic mass is 9.46. The van der Waals surface area contributed by atoms with Crippen LogP contribution in [0.3, 0.4) is 0 Å². The molecule has 37 heavy (non-hydrogen) atoms. The molecule has 6 nitrogen and oxygen atoms in total. The van der Waals surface area contributed by atoms with Crippen molar-refractivity contribution in [3.63, 3.8) is 0 Å². The number of aliphatic hydroxyl groups is 2. The molecule has 194 valence electrons. The molecule has 4 aliphatic rings. The standard InChI is InChI=1S/C29H31BrN2O4S/c1-27-9-7-18(33)11-16(27)3-5-19-21-8-10-29(36,28(21,2)13-23(34)25(19)27)24(35)14-37-26-20-12-17(30)4-6-22(20)31-15-32-26/h4,6-7,9,11-12,15,19,21,23,25,34,36H,3,5,8,10,13-14H2,1-2H3/t19?,21?,23?,25?,27?,28?,29-/m0/s1. The van der Waals surface area contributed by atoms with Crippen molar-refractivity contribution in [2.45, 2.75) is 62.7 Å². The van der Waals surface area contributed by atoms with Gasteiger partial charge in [-0.2, -0.15) is 0 Å². The Morgan fingerprint density at radius 2 is 2.05 bits per heavy atom. The van der Waals surface area contributed by atoms with E-state index in [1.807, 2.05) is 31.2 Å².